The number of anilines is 1. The molecule has 6 nitrogen and oxygen atoms in total. The molecule has 25 heavy (non-hydrogen) atoms. The first-order chi connectivity index (χ1) is 11.8. The lowest BCUT2D eigenvalue weighted by molar-refractivity contribution is 0.0934. The zero-order valence-corrected chi connectivity index (χ0v) is 17.1. The first-order valence-corrected chi connectivity index (χ1v) is 9.43. The quantitative estimate of drug-likeness (QED) is 0.686. The predicted octanol–water partition coefficient (Wildman–Crippen LogP) is 3.21. The first-order valence-electron chi connectivity index (χ1n) is 9.05. The summed E-state index contributed by atoms with van der Waals surface area (Å²) in [5.41, 5.74) is 0.232. The van der Waals surface area contributed by atoms with Crippen LogP contribution in [0.15, 0.2) is 6.20 Å². The molecule has 1 amide bonds. The summed E-state index contributed by atoms with van der Waals surface area (Å²) in [6, 6.07) is 0.858. The third-order valence-electron chi connectivity index (χ3n) is 4.12. The summed E-state index contributed by atoms with van der Waals surface area (Å²) in [5, 5.41) is 3.19. The molecule has 1 aromatic rings. The highest BCUT2D eigenvalue weighted by Gasteiger charge is 2.17. The van der Waals surface area contributed by atoms with Crippen LogP contribution >= 0.6 is 11.6 Å². The van der Waals surface area contributed by atoms with Crippen LogP contribution in [0, 0.1) is 0 Å². The second-order valence-electron chi connectivity index (χ2n) is 6.82. The summed E-state index contributed by atoms with van der Waals surface area (Å²) in [6.45, 7) is 12.9. The third kappa shape index (κ3) is 6.78. The molecule has 0 bridgehead atoms. The lowest BCUT2D eigenvalue weighted by Gasteiger charge is -2.30. The van der Waals surface area contributed by atoms with Crippen molar-refractivity contribution in [3.63, 3.8) is 0 Å². The van der Waals surface area contributed by atoms with Crippen LogP contribution in [-0.4, -0.2) is 59.5 Å². The minimum absolute atomic E-state index is 0.232. The van der Waals surface area contributed by atoms with Crippen molar-refractivity contribution >= 4 is 23.5 Å². The fraction of sp³-hybridized carbons (Fsp3) is 0.722. The second kappa shape index (κ2) is 10.6. The van der Waals surface area contributed by atoms with Gasteiger partial charge in [-0.3, -0.25) is 9.69 Å². The van der Waals surface area contributed by atoms with E-state index >= 15 is 0 Å². The van der Waals surface area contributed by atoms with Gasteiger partial charge in [0.25, 0.3) is 5.91 Å². The van der Waals surface area contributed by atoms with Crippen molar-refractivity contribution in [3.8, 4) is 0 Å². The Morgan fingerprint density at radius 2 is 1.88 bits per heavy atom. The van der Waals surface area contributed by atoms with Crippen molar-refractivity contribution in [1.82, 2.24) is 20.2 Å². The highest BCUT2D eigenvalue weighted by atomic mass is 35.5. The highest BCUT2D eigenvalue weighted by Crippen LogP contribution is 2.16. The van der Waals surface area contributed by atoms with Crippen molar-refractivity contribution in [2.45, 2.75) is 59.5 Å². The molecule has 0 aliphatic carbocycles. The maximum Gasteiger partial charge on any atom is 0.271 e. The summed E-state index contributed by atoms with van der Waals surface area (Å²) in [5.74, 6) is 0.263. The van der Waals surface area contributed by atoms with E-state index in [4.69, 9.17) is 11.6 Å². The summed E-state index contributed by atoms with van der Waals surface area (Å²) in [7, 11) is 1.92. The molecule has 1 aromatic heterocycles. The van der Waals surface area contributed by atoms with Crippen LogP contribution < -0.4 is 10.2 Å². The second-order valence-corrected chi connectivity index (χ2v) is 7.23. The molecule has 0 unspecified atom stereocenters. The van der Waals surface area contributed by atoms with Gasteiger partial charge in [-0.05, 0) is 34.1 Å². The smallest absolute Gasteiger partial charge is 0.271 e. The zero-order valence-electron chi connectivity index (χ0n) is 16.3. The van der Waals surface area contributed by atoms with E-state index < -0.39 is 0 Å². The lowest BCUT2D eigenvalue weighted by Crippen LogP contribution is -2.42. The number of hydrogen-bond acceptors (Lipinski definition) is 5. The van der Waals surface area contributed by atoms with Crippen molar-refractivity contribution < 1.29 is 4.79 Å². The number of unbranched alkanes of at least 4 members (excludes halogenated alkanes) is 1. The standard InChI is InChI=1S/C18H32ClN5O/c1-7-8-10-23(6)18-21-12-15(19)16(22-18)17(25)20-9-11-24(13(2)3)14(4)5/h12-14H,7-11H2,1-6H3,(H,20,25). The van der Waals surface area contributed by atoms with Crippen molar-refractivity contribution in [2.24, 2.45) is 0 Å². The number of amides is 1. The Kier molecular flexibility index (Phi) is 9.14. The Bertz CT molecular complexity index is 542. The predicted molar refractivity (Wildman–Crippen MR) is 105 cm³/mol. The van der Waals surface area contributed by atoms with Gasteiger partial charge in [0.1, 0.15) is 0 Å². The average Bonchev–Trinajstić information content (AvgIpc) is 2.55. The molecular formula is C18H32ClN5O. The van der Waals surface area contributed by atoms with Crippen molar-refractivity contribution in [3.05, 3.63) is 16.9 Å². The molecule has 0 saturated carbocycles. The van der Waals surface area contributed by atoms with E-state index in [1.165, 1.54) is 6.20 Å². The Morgan fingerprint density at radius 3 is 2.44 bits per heavy atom. The van der Waals surface area contributed by atoms with Gasteiger partial charge in [-0.15, -0.1) is 0 Å². The number of nitrogens with one attached hydrogen (secondary N) is 1. The monoisotopic (exact) mass is 369 g/mol. The molecule has 1 N–H and O–H groups in total. The number of halogens is 1. The van der Waals surface area contributed by atoms with Crippen molar-refractivity contribution in [1.29, 1.82) is 0 Å². The molecular weight excluding hydrogens is 338 g/mol. The number of rotatable bonds is 10. The van der Waals surface area contributed by atoms with Gasteiger partial charge in [-0.25, -0.2) is 9.97 Å². The minimum Gasteiger partial charge on any atom is -0.349 e. The van der Waals surface area contributed by atoms with Crippen LogP contribution in [0.4, 0.5) is 5.95 Å². The van der Waals surface area contributed by atoms with Gasteiger partial charge >= 0.3 is 0 Å². The van der Waals surface area contributed by atoms with Gasteiger partial charge in [0.15, 0.2) is 5.69 Å². The van der Waals surface area contributed by atoms with Crippen LogP contribution in [0.3, 0.4) is 0 Å². The highest BCUT2D eigenvalue weighted by molar-refractivity contribution is 6.33. The summed E-state index contributed by atoms with van der Waals surface area (Å²) >= 11 is 6.13. The van der Waals surface area contributed by atoms with E-state index in [9.17, 15) is 4.79 Å². The Labute approximate surface area is 157 Å². The van der Waals surface area contributed by atoms with Crippen LogP contribution in [-0.2, 0) is 0 Å². The molecule has 0 aliphatic heterocycles. The molecule has 0 radical (unpaired) electrons. The number of carbonyl (C=O) groups is 1. The van der Waals surface area contributed by atoms with Gasteiger partial charge in [0, 0.05) is 38.8 Å². The summed E-state index contributed by atoms with van der Waals surface area (Å²) in [4.78, 5) is 25.3. The number of hydrogen-bond donors (Lipinski definition) is 1. The zero-order chi connectivity index (χ0) is 19.0. The molecule has 0 spiro atoms. The molecule has 0 saturated heterocycles. The largest absolute Gasteiger partial charge is 0.349 e. The summed E-state index contributed by atoms with van der Waals surface area (Å²) in [6.07, 6.45) is 3.63. The Balaban J connectivity index is 2.71. The van der Waals surface area contributed by atoms with Crippen LogP contribution in [0.1, 0.15) is 57.9 Å². The molecule has 0 aliphatic rings. The average molecular weight is 370 g/mol. The molecule has 7 heteroatoms. The van der Waals surface area contributed by atoms with Gasteiger partial charge in [-0.2, -0.15) is 0 Å². The van der Waals surface area contributed by atoms with E-state index in [2.05, 4.69) is 54.8 Å². The summed E-state index contributed by atoms with van der Waals surface area (Å²) < 4.78 is 0. The fourth-order valence-electron chi connectivity index (χ4n) is 2.69. The van der Waals surface area contributed by atoms with Gasteiger partial charge in [0.05, 0.1) is 11.2 Å². The Hall–Kier alpha value is -1.40. The molecule has 0 aromatic carbocycles. The first kappa shape index (κ1) is 21.6. The number of carbonyl (C=O) groups excluding carboxylic acids is 1. The normalized spacial score (nSPS) is 11.4. The van der Waals surface area contributed by atoms with Gasteiger partial charge < -0.3 is 10.2 Å². The van der Waals surface area contributed by atoms with Crippen LogP contribution in [0.2, 0.25) is 5.02 Å². The molecule has 1 rings (SSSR count). The SMILES string of the molecule is CCCCN(C)c1ncc(Cl)c(C(=O)NCCN(C(C)C)C(C)C)n1. The van der Waals surface area contributed by atoms with Gasteiger partial charge in [-0.1, -0.05) is 24.9 Å². The maximum absolute atomic E-state index is 12.5. The molecule has 1 heterocycles. The van der Waals surface area contributed by atoms with E-state index in [1.807, 2.05) is 11.9 Å². The molecule has 0 fully saturated rings. The molecule has 142 valence electrons. The maximum atomic E-state index is 12.5. The third-order valence-corrected chi connectivity index (χ3v) is 4.39. The van der Waals surface area contributed by atoms with E-state index in [-0.39, 0.29) is 16.6 Å². The minimum atomic E-state index is -0.259. The Morgan fingerprint density at radius 1 is 1.24 bits per heavy atom. The van der Waals surface area contributed by atoms with E-state index in [0.717, 1.165) is 25.9 Å². The van der Waals surface area contributed by atoms with E-state index in [0.29, 0.717) is 24.6 Å². The molecule has 0 atom stereocenters. The topological polar surface area (TPSA) is 61.4 Å². The number of aromatic nitrogens is 2. The van der Waals surface area contributed by atoms with Crippen molar-refractivity contribution in [2.75, 3.05) is 31.6 Å². The van der Waals surface area contributed by atoms with E-state index in [1.54, 1.807) is 0 Å². The van der Waals surface area contributed by atoms with Gasteiger partial charge in [0.2, 0.25) is 5.95 Å². The van der Waals surface area contributed by atoms with Crippen LogP contribution in [0.5, 0.6) is 0 Å². The van der Waals surface area contributed by atoms with Crippen LogP contribution in [0.25, 0.3) is 0 Å². The lowest BCUT2D eigenvalue weighted by atomic mass is 10.2. The fourth-order valence-corrected chi connectivity index (χ4v) is 2.87. The number of nitrogens with zero attached hydrogens (tertiary/aromatic N) is 4.